The van der Waals surface area contributed by atoms with Crippen LogP contribution in [0.2, 0.25) is 0 Å². The van der Waals surface area contributed by atoms with Crippen molar-refractivity contribution in [2.75, 3.05) is 32.8 Å². The van der Waals surface area contributed by atoms with E-state index in [0.29, 0.717) is 11.3 Å². The molecule has 28 heavy (non-hydrogen) atoms. The molecule has 3 aliphatic heterocycles. The number of aromatic amines is 1. The van der Waals surface area contributed by atoms with Gasteiger partial charge in [0.1, 0.15) is 5.60 Å². The summed E-state index contributed by atoms with van der Waals surface area (Å²) < 4.78 is 6.40. The van der Waals surface area contributed by atoms with Crippen LogP contribution in [-0.2, 0) is 21.6 Å². The number of aromatic nitrogens is 1. The molecule has 5 nitrogen and oxygen atoms in total. The zero-order valence-electron chi connectivity index (χ0n) is 16.4. The minimum Gasteiger partial charge on any atom is -0.368 e. The molecule has 2 aromatic rings. The summed E-state index contributed by atoms with van der Waals surface area (Å²) in [6, 6.07) is 8.58. The highest BCUT2D eigenvalue weighted by atomic mass is 16.5. The lowest BCUT2D eigenvalue weighted by Crippen LogP contribution is -2.49. The van der Waals surface area contributed by atoms with Crippen LogP contribution < -0.4 is 5.32 Å². The van der Waals surface area contributed by atoms with Gasteiger partial charge in [0.2, 0.25) is 5.91 Å². The van der Waals surface area contributed by atoms with Gasteiger partial charge >= 0.3 is 0 Å². The summed E-state index contributed by atoms with van der Waals surface area (Å²) in [4.78, 5) is 18.9. The Labute approximate surface area is 165 Å². The van der Waals surface area contributed by atoms with Gasteiger partial charge in [-0.25, -0.2) is 0 Å². The van der Waals surface area contributed by atoms with Crippen molar-refractivity contribution in [1.82, 2.24) is 15.2 Å². The van der Waals surface area contributed by atoms with Gasteiger partial charge in [0.05, 0.1) is 12.3 Å². The first-order chi connectivity index (χ1) is 13.7. The first kappa shape index (κ1) is 17.0. The summed E-state index contributed by atoms with van der Waals surface area (Å²) in [6.07, 6.45) is 6.23. The largest absolute Gasteiger partial charge is 0.368 e. The third-order valence-corrected chi connectivity index (χ3v) is 7.97. The Morgan fingerprint density at radius 3 is 2.71 bits per heavy atom. The van der Waals surface area contributed by atoms with Crippen molar-refractivity contribution >= 4 is 16.8 Å². The summed E-state index contributed by atoms with van der Waals surface area (Å²) in [6.45, 7) is 4.56. The molecule has 1 unspecified atom stereocenters. The van der Waals surface area contributed by atoms with Crippen LogP contribution >= 0.6 is 0 Å². The molecule has 2 N–H and O–H groups in total. The number of rotatable bonds is 1. The zero-order chi connectivity index (χ0) is 18.8. The first-order valence-corrected chi connectivity index (χ1v) is 10.9. The lowest BCUT2D eigenvalue weighted by atomic mass is 9.83. The number of likely N-dealkylation sites (tertiary alicyclic amines) is 1. The fourth-order valence-electron chi connectivity index (χ4n) is 6.15. The average Bonchev–Trinajstić information content (AvgIpc) is 3.28. The van der Waals surface area contributed by atoms with Gasteiger partial charge in [-0.3, -0.25) is 4.79 Å². The van der Waals surface area contributed by atoms with Gasteiger partial charge in [-0.15, -0.1) is 0 Å². The maximum Gasteiger partial charge on any atom is 0.226 e. The zero-order valence-corrected chi connectivity index (χ0v) is 16.4. The van der Waals surface area contributed by atoms with Crippen molar-refractivity contribution < 1.29 is 9.53 Å². The molecule has 5 heteroatoms. The number of H-pyrrole nitrogens is 1. The number of benzene rings is 1. The van der Waals surface area contributed by atoms with E-state index in [4.69, 9.17) is 4.74 Å². The van der Waals surface area contributed by atoms with Gasteiger partial charge in [-0.05, 0) is 68.7 Å². The number of ether oxygens (including phenoxy) is 1. The van der Waals surface area contributed by atoms with Crippen molar-refractivity contribution in [1.29, 1.82) is 0 Å². The SMILES string of the molecule is O=C(C1CC12CCNCC2)N1CCC2(CC1)OCCc1c2[nH]c2ccccc12. The van der Waals surface area contributed by atoms with E-state index < -0.39 is 0 Å². The minimum atomic E-state index is -0.237. The fourth-order valence-corrected chi connectivity index (χ4v) is 6.15. The van der Waals surface area contributed by atoms with Crippen molar-refractivity contribution in [2.45, 2.75) is 44.1 Å². The molecule has 3 fully saturated rings. The lowest BCUT2D eigenvalue weighted by Gasteiger charge is -2.44. The molecule has 4 heterocycles. The molecule has 1 amide bonds. The molecule has 2 saturated heterocycles. The van der Waals surface area contributed by atoms with Gasteiger partial charge < -0.3 is 19.9 Å². The highest BCUT2D eigenvalue weighted by Gasteiger charge is 2.59. The maximum atomic E-state index is 13.1. The van der Waals surface area contributed by atoms with Gasteiger partial charge in [0, 0.05) is 29.9 Å². The predicted octanol–water partition coefficient (Wildman–Crippen LogP) is 2.95. The molecule has 1 aromatic carbocycles. The highest BCUT2D eigenvalue weighted by molar-refractivity contribution is 5.85. The van der Waals surface area contributed by atoms with Gasteiger partial charge in [-0.2, -0.15) is 0 Å². The number of fused-ring (bicyclic) bond motifs is 4. The molecular formula is C23H29N3O2. The smallest absolute Gasteiger partial charge is 0.226 e. The molecule has 0 bridgehead atoms. The summed E-state index contributed by atoms with van der Waals surface area (Å²) in [5, 5.41) is 4.77. The molecule has 6 rings (SSSR count). The third kappa shape index (κ3) is 2.42. The van der Waals surface area contributed by atoms with Crippen molar-refractivity contribution in [3.05, 3.63) is 35.5 Å². The van der Waals surface area contributed by atoms with Crippen molar-refractivity contribution in [2.24, 2.45) is 11.3 Å². The summed E-state index contributed by atoms with van der Waals surface area (Å²) >= 11 is 0. The van der Waals surface area contributed by atoms with E-state index in [2.05, 4.69) is 39.5 Å². The van der Waals surface area contributed by atoms with E-state index in [0.717, 1.165) is 58.5 Å². The molecule has 1 aromatic heterocycles. The summed E-state index contributed by atoms with van der Waals surface area (Å²) in [5.41, 5.74) is 4.00. The molecule has 148 valence electrons. The van der Waals surface area contributed by atoms with Crippen LogP contribution in [0.15, 0.2) is 24.3 Å². The Hall–Kier alpha value is -1.85. The lowest BCUT2D eigenvalue weighted by molar-refractivity contribution is -0.143. The monoisotopic (exact) mass is 379 g/mol. The van der Waals surface area contributed by atoms with Gasteiger partial charge in [0.25, 0.3) is 0 Å². The van der Waals surface area contributed by atoms with Gasteiger partial charge in [0.15, 0.2) is 0 Å². The van der Waals surface area contributed by atoms with Crippen LogP contribution in [0.25, 0.3) is 10.9 Å². The molecule has 1 aliphatic carbocycles. The van der Waals surface area contributed by atoms with Crippen LogP contribution in [0.4, 0.5) is 0 Å². The van der Waals surface area contributed by atoms with E-state index >= 15 is 0 Å². The number of piperidine rings is 2. The number of para-hydroxylation sites is 1. The second-order valence-corrected chi connectivity index (χ2v) is 9.31. The first-order valence-electron chi connectivity index (χ1n) is 10.9. The van der Waals surface area contributed by atoms with Crippen LogP contribution in [0.1, 0.15) is 43.4 Å². The summed E-state index contributed by atoms with van der Waals surface area (Å²) in [7, 11) is 0. The highest BCUT2D eigenvalue weighted by Crippen LogP contribution is 2.59. The van der Waals surface area contributed by atoms with Crippen LogP contribution in [-0.4, -0.2) is 48.6 Å². The quantitative estimate of drug-likeness (QED) is 0.801. The third-order valence-electron chi connectivity index (χ3n) is 7.97. The number of hydrogen-bond donors (Lipinski definition) is 2. The Balaban J connectivity index is 1.21. The molecule has 0 radical (unpaired) electrons. The normalized spacial score (nSPS) is 27.9. The average molecular weight is 380 g/mol. The second-order valence-electron chi connectivity index (χ2n) is 9.31. The fraction of sp³-hybridized carbons (Fsp3) is 0.609. The van der Waals surface area contributed by atoms with Crippen molar-refractivity contribution in [3.8, 4) is 0 Å². The molecule has 2 spiro atoms. The van der Waals surface area contributed by atoms with Crippen LogP contribution in [0, 0.1) is 11.3 Å². The number of hydrogen-bond acceptors (Lipinski definition) is 3. The Kier molecular flexibility index (Phi) is 3.70. The Bertz CT molecular complexity index is 919. The van der Waals surface area contributed by atoms with E-state index in [1.807, 2.05) is 0 Å². The maximum absolute atomic E-state index is 13.1. The Morgan fingerprint density at radius 2 is 1.89 bits per heavy atom. The standard InChI is InChI=1S/C23H29N3O2/c27-21(18-15-22(18)6-10-24-11-7-22)26-12-8-23(9-13-26)20-17(5-14-28-23)16-3-1-2-4-19(16)25-20/h1-4,18,24-25H,5-15H2. The Morgan fingerprint density at radius 1 is 1.11 bits per heavy atom. The topological polar surface area (TPSA) is 57.4 Å². The van der Waals surface area contributed by atoms with E-state index in [9.17, 15) is 4.79 Å². The van der Waals surface area contributed by atoms with E-state index in [1.165, 1.54) is 35.0 Å². The number of nitrogens with one attached hydrogen (secondary N) is 2. The predicted molar refractivity (Wildman–Crippen MR) is 108 cm³/mol. The van der Waals surface area contributed by atoms with E-state index in [1.54, 1.807) is 0 Å². The number of nitrogens with zero attached hydrogens (tertiary/aromatic N) is 1. The van der Waals surface area contributed by atoms with Crippen molar-refractivity contribution in [3.63, 3.8) is 0 Å². The summed E-state index contributed by atoms with van der Waals surface area (Å²) in [5.74, 6) is 0.684. The number of carbonyl (C=O) groups is 1. The number of amides is 1. The van der Waals surface area contributed by atoms with E-state index in [-0.39, 0.29) is 11.5 Å². The minimum absolute atomic E-state index is 0.237. The molecule has 4 aliphatic rings. The molecular weight excluding hydrogens is 350 g/mol. The molecule has 1 saturated carbocycles. The number of carbonyl (C=O) groups excluding carboxylic acids is 1. The molecule has 1 atom stereocenters. The van der Waals surface area contributed by atoms with Crippen LogP contribution in [0.3, 0.4) is 0 Å². The second kappa shape index (κ2) is 6.07. The van der Waals surface area contributed by atoms with Gasteiger partial charge in [-0.1, -0.05) is 18.2 Å². The van der Waals surface area contributed by atoms with Crippen LogP contribution in [0.5, 0.6) is 0 Å².